The average Bonchev–Trinajstić information content (AvgIpc) is 3.22. The Kier molecular flexibility index (Phi) is 3.57. The van der Waals surface area contributed by atoms with Crippen LogP contribution < -0.4 is 0 Å². The molecule has 0 spiro atoms. The smallest absolute Gasteiger partial charge is 0.284 e. The molecule has 1 aromatic carbocycles. The van der Waals surface area contributed by atoms with Crippen molar-refractivity contribution in [3.63, 3.8) is 0 Å². The van der Waals surface area contributed by atoms with Crippen LogP contribution in [0.15, 0.2) is 41.2 Å². The molecule has 0 saturated heterocycles. The molecule has 3 aromatic heterocycles. The number of aryl methyl sites for hydroxylation is 2. The van der Waals surface area contributed by atoms with Crippen LogP contribution in [-0.2, 0) is 13.5 Å². The molecule has 4 rings (SSSR count). The number of ketones is 1. The average molecular weight is 334 g/mol. The number of nitrogens with zero attached hydrogens (tertiary/aromatic N) is 6. The highest BCUT2D eigenvalue weighted by Crippen LogP contribution is 2.23. The van der Waals surface area contributed by atoms with E-state index in [4.69, 9.17) is 4.42 Å². The Morgan fingerprint density at radius 1 is 1.16 bits per heavy atom. The standard InChI is InChI=1S/C17H14N6O2/c1-10-19-22-17(25-10)16(24)7-13-6-12-5-11(3-4-14(12)21-20-13)15-8-18-9-23(15)2/h3-6,8-9H,7H2,1-2H3. The monoisotopic (exact) mass is 334 g/mol. The molecule has 4 aromatic rings. The number of rotatable bonds is 4. The Morgan fingerprint density at radius 2 is 2.04 bits per heavy atom. The molecular weight excluding hydrogens is 320 g/mol. The van der Waals surface area contributed by atoms with Crippen molar-refractivity contribution in [2.45, 2.75) is 13.3 Å². The summed E-state index contributed by atoms with van der Waals surface area (Å²) < 4.78 is 7.10. The van der Waals surface area contributed by atoms with Gasteiger partial charge in [0.05, 0.1) is 35.8 Å². The van der Waals surface area contributed by atoms with Gasteiger partial charge in [-0.15, -0.1) is 10.2 Å². The molecule has 0 amide bonds. The van der Waals surface area contributed by atoms with E-state index in [2.05, 4.69) is 25.4 Å². The lowest BCUT2D eigenvalue weighted by Crippen LogP contribution is -2.06. The predicted octanol–water partition coefficient (Wildman–Crippen LogP) is 2.15. The van der Waals surface area contributed by atoms with Gasteiger partial charge in [0.25, 0.3) is 5.89 Å². The van der Waals surface area contributed by atoms with E-state index in [9.17, 15) is 4.79 Å². The molecule has 0 aliphatic carbocycles. The maximum Gasteiger partial charge on any atom is 0.284 e. The third-order valence-corrected chi connectivity index (χ3v) is 3.85. The first-order valence-electron chi connectivity index (χ1n) is 7.66. The normalized spacial score (nSPS) is 11.1. The van der Waals surface area contributed by atoms with Crippen molar-refractivity contribution >= 4 is 16.7 Å². The minimum atomic E-state index is -0.281. The highest BCUT2D eigenvalue weighted by Gasteiger charge is 2.15. The summed E-state index contributed by atoms with van der Waals surface area (Å²) in [6.07, 6.45) is 3.61. The van der Waals surface area contributed by atoms with Crippen LogP contribution in [0.4, 0.5) is 0 Å². The van der Waals surface area contributed by atoms with Gasteiger partial charge in [-0.2, -0.15) is 10.2 Å². The fourth-order valence-electron chi connectivity index (χ4n) is 2.62. The summed E-state index contributed by atoms with van der Waals surface area (Å²) in [6, 6.07) is 7.73. The second kappa shape index (κ2) is 5.90. The van der Waals surface area contributed by atoms with Crippen molar-refractivity contribution in [3.8, 4) is 11.3 Å². The molecule has 0 N–H and O–H groups in total. The van der Waals surface area contributed by atoms with E-state index in [-0.39, 0.29) is 18.1 Å². The van der Waals surface area contributed by atoms with E-state index in [1.165, 1.54) is 0 Å². The Labute approximate surface area is 142 Å². The summed E-state index contributed by atoms with van der Waals surface area (Å²) in [7, 11) is 1.94. The minimum Gasteiger partial charge on any atom is -0.419 e. The second-order valence-corrected chi connectivity index (χ2v) is 5.73. The molecule has 0 atom stereocenters. The lowest BCUT2D eigenvalue weighted by molar-refractivity contribution is 0.0957. The zero-order valence-corrected chi connectivity index (χ0v) is 13.7. The summed E-state index contributed by atoms with van der Waals surface area (Å²) in [5.74, 6) is 0.0637. The third kappa shape index (κ3) is 2.89. The maximum absolute atomic E-state index is 12.2. The largest absolute Gasteiger partial charge is 0.419 e. The molecule has 8 heteroatoms. The number of carbonyl (C=O) groups excluding carboxylic acids is 1. The topological polar surface area (TPSA) is 99.6 Å². The SMILES string of the molecule is Cc1nnc(C(=O)Cc2cc3cc(-c4cncn4C)ccc3nn2)o1. The summed E-state index contributed by atoms with van der Waals surface area (Å²) in [4.78, 5) is 16.3. The molecule has 3 heterocycles. The van der Waals surface area contributed by atoms with Gasteiger partial charge in [0.1, 0.15) is 0 Å². The van der Waals surface area contributed by atoms with Crippen LogP contribution in [0.1, 0.15) is 22.3 Å². The fourth-order valence-corrected chi connectivity index (χ4v) is 2.62. The number of aromatic nitrogens is 6. The molecule has 0 aliphatic rings. The number of imidazole rings is 1. The summed E-state index contributed by atoms with van der Waals surface area (Å²) in [5, 5.41) is 16.6. The molecular formula is C17H14N6O2. The van der Waals surface area contributed by atoms with Crippen molar-refractivity contribution in [2.75, 3.05) is 0 Å². The molecule has 0 radical (unpaired) electrons. The lowest BCUT2D eigenvalue weighted by atomic mass is 10.1. The molecule has 25 heavy (non-hydrogen) atoms. The Balaban J connectivity index is 1.67. The summed E-state index contributed by atoms with van der Waals surface area (Å²) >= 11 is 0. The Hall–Kier alpha value is -3.42. The van der Waals surface area contributed by atoms with E-state index < -0.39 is 0 Å². The molecule has 0 unspecified atom stereocenters. The molecule has 0 aliphatic heterocycles. The van der Waals surface area contributed by atoms with Gasteiger partial charge in [-0.25, -0.2) is 4.98 Å². The molecule has 0 fully saturated rings. The minimum absolute atomic E-state index is 0.0111. The lowest BCUT2D eigenvalue weighted by Gasteiger charge is -2.05. The Bertz CT molecular complexity index is 1080. The van der Waals surface area contributed by atoms with Crippen LogP contribution in [0.2, 0.25) is 0 Å². The molecule has 124 valence electrons. The highest BCUT2D eigenvalue weighted by molar-refractivity contribution is 5.93. The van der Waals surface area contributed by atoms with Gasteiger partial charge >= 0.3 is 0 Å². The van der Waals surface area contributed by atoms with E-state index in [0.29, 0.717) is 11.6 Å². The number of hydrogen-bond donors (Lipinski definition) is 0. The van der Waals surface area contributed by atoms with Gasteiger partial charge in [-0.05, 0) is 18.2 Å². The zero-order valence-electron chi connectivity index (χ0n) is 13.7. The van der Waals surface area contributed by atoms with Crippen molar-refractivity contribution in [1.82, 2.24) is 29.9 Å². The molecule has 0 bridgehead atoms. The van der Waals surface area contributed by atoms with Crippen molar-refractivity contribution in [3.05, 3.63) is 54.3 Å². The van der Waals surface area contributed by atoms with Crippen LogP contribution in [-0.4, -0.2) is 35.7 Å². The first-order valence-corrected chi connectivity index (χ1v) is 7.66. The van der Waals surface area contributed by atoms with Gasteiger partial charge < -0.3 is 8.98 Å². The quantitative estimate of drug-likeness (QED) is 0.527. The zero-order chi connectivity index (χ0) is 17.4. The van der Waals surface area contributed by atoms with Crippen molar-refractivity contribution in [2.24, 2.45) is 7.05 Å². The van der Waals surface area contributed by atoms with Crippen LogP contribution in [0.25, 0.3) is 22.2 Å². The maximum atomic E-state index is 12.2. The number of fused-ring (bicyclic) bond motifs is 1. The number of benzene rings is 1. The van der Waals surface area contributed by atoms with E-state index in [0.717, 1.165) is 22.2 Å². The van der Waals surface area contributed by atoms with Gasteiger partial charge in [0.15, 0.2) is 0 Å². The van der Waals surface area contributed by atoms with Crippen LogP contribution in [0, 0.1) is 6.92 Å². The number of carbonyl (C=O) groups is 1. The predicted molar refractivity (Wildman–Crippen MR) is 88.8 cm³/mol. The van der Waals surface area contributed by atoms with Crippen LogP contribution in [0.3, 0.4) is 0 Å². The molecule has 8 nitrogen and oxygen atoms in total. The first-order chi connectivity index (χ1) is 12.1. The highest BCUT2D eigenvalue weighted by atomic mass is 16.4. The van der Waals surface area contributed by atoms with Crippen molar-refractivity contribution < 1.29 is 9.21 Å². The fraction of sp³-hybridized carbons (Fsp3) is 0.176. The van der Waals surface area contributed by atoms with Gasteiger partial charge in [-0.3, -0.25) is 4.79 Å². The van der Waals surface area contributed by atoms with Crippen LogP contribution in [0.5, 0.6) is 0 Å². The van der Waals surface area contributed by atoms with E-state index in [1.54, 1.807) is 19.4 Å². The summed E-state index contributed by atoms with van der Waals surface area (Å²) in [6.45, 7) is 1.64. The first kappa shape index (κ1) is 15.1. The number of Topliss-reactive ketones (excluding diaryl/α,β-unsaturated/α-hetero) is 1. The van der Waals surface area contributed by atoms with Gasteiger partial charge in [-0.1, -0.05) is 6.07 Å². The summed E-state index contributed by atoms with van der Waals surface area (Å²) in [5.41, 5.74) is 3.33. The van der Waals surface area contributed by atoms with E-state index >= 15 is 0 Å². The third-order valence-electron chi connectivity index (χ3n) is 3.85. The molecule has 0 saturated carbocycles. The second-order valence-electron chi connectivity index (χ2n) is 5.73. The van der Waals surface area contributed by atoms with Gasteiger partial charge in [0.2, 0.25) is 11.7 Å². The van der Waals surface area contributed by atoms with Gasteiger partial charge in [0, 0.05) is 24.9 Å². The Morgan fingerprint density at radius 3 is 2.76 bits per heavy atom. The van der Waals surface area contributed by atoms with Crippen molar-refractivity contribution in [1.29, 1.82) is 0 Å². The van der Waals surface area contributed by atoms with E-state index in [1.807, 2.05) is 35.9 Å². The van der Waals surface area contributed by atoms with Crippen LogP contribution >= 0.6 is 0 Å². The number of hydrogen-bond acceptors (Lipinski definition) is 7.